The Morgan fingerprint density at radius 3 is 2.20 bits per heavy atom. The van der Waals surface area contributed by atoms with Gasteiger partial charge in [0.25, 0.3) is 5.91 Å². The molecule has 2 fully saturated rings. The maximum absolute atomic E-state index is 12.9. The zero-order chi connectivity index (χ0) is 21.3. The molecule has 1 aliphatic heterocycles. The van der Waals surface area contributed by atoms with E-state index in [0.717, 1.165) is 17.7 Å². The molecule has 1 aromatic heterocycles. The number of benzene rings is 1. The van der Waals surface area contributed by atoms with Crippen molar-refractivity contribution < 1.29 is 22.8 Å². The first-order valence-electron chi connectivity index (χ1n) is 10.00. The highest BCUT2D eigenvalue weighted by Gasteiger charge is 2.46. The Balaban J connectivity index is 1.34. The predicted octanol–water partition coefficient (Wildman–Crippen LogP) is 3.58. The molecular formula is C22H22F3N3O2. The number of hydrogen-bond donors (Lipinski definition) is 0. The van der Waals surface area contributed by atoms with Gasteiger partial charge in [0, 0.05) is 50.1 Å². The smallest absolute Gasteiger partial charge is 0.341 e. The summed E-state index contributed by atoms with van der Waals surface area (Å²) in [6.45, 7) is 2.09. The van der Waals surface area contributed by atoms with Crippen LogP contribution in [0.25, 0.3) is 0 Å². The van der Waals surface area contributed by atoms with Gasteiger partial charge in [-0.2, -0.15) is 13.2 Å². The van der Waals surface area contributed by atoms with Crippen LogP contribution in [-0.4, -0.2) is 52.8 Å². The average Bonchev–Trinajstić information content (AvgIpc) is 3.56. The van der Waals surface area contributed by atoms with E-state index in [9.17, 15) is 22.8 Å². The first kappa shape index (κ1) is 20.4. The van der Waals surface area contributed by atoms with E-state index in [2.05, 4.69) is 4.98 Å². The fourth-order valence-electron chi connectivity index (χ4n) is 4.01. The minimum atomic E-state index is -4.36. The highest BCUT2D eigenvalue weighted by atomic mass is 19.4. The van der Waals surface area contributed by atoms with Crippen LogP contribution in [0.3, 0.4) is 0 Å². The Morgan fingerprint density at radius 2 is 1.53 bits per heavy atom. The van der Waals surface area contributed by atoms with Gasteiger partial charge in [0.05, 0.1) is 5.56 Å². The number of nitrogens with zero attached hydrogens (tertiary/aromatic N) is 3. The van der Waals surface area contributed by atoms with Crippen molar-refractivity contribution in [1.82, 2.24) is 14.8 Å². The summed E-state index contributed by atoms with van der Waals surface area (Å²) in [6.07, 6.45) is 0.147. The van der Waals surface area contributed by atoms with Crippen molar-refractivity contribution in [2.45, 2.75) is 24.9 Å². The zero-order valence-electron chi connectivity index (χ0n) is 16.3. The summed E-state index contributed by atoms with van der Waals surface area (Å²) in [4.78, 5) is 33.0. The molecule has 5 nitrogen and oxygen atoms in total. The van der Waals surface area contributed by atoms with E-state index < -0.39 is 11.7 Å². The van der Waals surface area contributed by atoms with Crippen molar-refractivity contribution in [2.24, 2.45) is 5.92 Å². The first-order valence-corrected chi connectivity index (χ1v) is 10.00. The Bertz CT molecular complexity index is 915. The third kappa shape index (κ3) is 4.32. The molecule has 2 atom stereocenters. The van der Waals surface area contributed by atoms with Gasteiger partial charge in [-0.15, -0.1) is 0 Å². The third-order valence-electron chi connectivity index (χ3n) is 5.80. The molecule has 0 radical (unpaired) electrons. The van der Waals surface area contributed by atoms with Gasteiger partial charge in [-0.3, -0.25) is 14.6 Å². The number of hydrogen-bond acceptors (Lipinski definition) is 3. The number of amides is 2. The van der Waals surface area contributed by atoms with Crippen LogP contribution in [0.2, 0.25) is 0 Å². The fraction of sp³-hybridized carbons (Fsp3) is 0.409. The molecule has 0 spiro atoms. The molecule has 2 heterocycles. The molecule has 1 aliphatic carbocycles. The van der Waals surface area contributed by atoms with Gasteiger partial charge in [-0.1, -0.05) is 12.1 Å². The zero-order valence-corrected chi connectivity index (χ0v) is 16.3. The van der Waals surface area contributed by atoms with Crippen LogP contribution in [0, 0.1) is 5.92 Å². The van der Waals surface area contributed by atoms with Crippen molar-refractivity contribution in [3.8, 4) is 0 Å². The number of carbonyl (C=O) groups excluding carboxylic acids is 2. The molecule has 158 valence electrons. The van der Waals surface area contributed by atoms with Crippen LogP contribution in [0.1, 0.15) is 40.2 Å². The van der Waals surface area contributed by atoms with Gasteiger partial charge in [-0.05, 0) is 48.6 Å². The normalized spacial score (nSPS) is 21.8. The molecule has 30 heavy (non-hydrogen) atoms. The highest BCUT2D eigenvalue weighted by Crippen LogP contribution is 2.49. The number of pyridine rings is 1. The standard InChI is InChI=1S/C22H22F3N3O2/c23-22(24,25)17-4-2-15(3-5-17)18-14-19(18)21(30)28-11-1-10-27(12-13-28)20(29)16-6-8-26-9-7-16/h2-9,18-19H,1,10-14H2. The van der Waals surface area contributed by atoms with E-state index >= 15 is 0 Å². The number of carbonyl (C=O) groups is 2. The summed E-state index contributed by atoms with van der Waals surface area (Å²) >= 11 is 0. The molecule has 0 N–H and O–H groups in total. The highest BCUT2D eigenvalue weighted by molar-refractivity contribution is 5.94. The van der Waals surface area contributed by atoms with E-state index in [4.69, 9.17) is 0 Å². The first-order chi connectivity index (χ1) is 14.3. The molecule has 1 saturated carbocycles. The van der Waals surface area contributed by atoms with E-state index in [1.807, 2.05) is 0 Å². The molecule has 2 amide bonds. The molecule has 4 rings (SSSR count). The maximum atomic E-state index is 12.9. The molecule has 1 aromatic carbocycles. The maximum Gasteiger partial charge on any atom is 0.416 e. The second kappa shape index (κ2) is 8.08. The summed E-state index contributed by atoms with van der Waals surface area (Å²) in [6, 6.07) is 8.44. The number of rotatable bonds is 3. The van der Waals surface area contributed by atoms with Crippen LogP contribution in [0.15, 0.2) is 48.8 Å². The summed E-state index contributed by atoms with van der Waals surface area (Å²) in [5.41, 5.74) is 0.668. The summed E-state index contributed by atoms with van der Waals surface area (Å²) < 4.78 is 38.2. The van der Waals surface area contributed by atoms with E-state index in [1.54, 1.807) is 34.3 Å². The largest absolute Gasteiger partial charge is 0.416 e. The van der Waals surface area contributed by atoms with Crippen molar-refractivity contribution in [3.63, 3.8) is 0 Å². The van der Waals surface area contributed by atoms with Gasteiger partial charge >= 0.3 is 6.18 Å². The molecule has 2 aromatic rings. The van der Waals surface area contributed by atoms with Gasteiger partial charge in [-0.25, -0.2) is 0 Å². The lowest BCUT2D eigenvalue weighted by Crippen LogP contribution is -2.38. The van der Waals surface area contributed by atoms with Crippen LogP contribution in [0.5, 0.6) is 0 Å². The van der Waals surface area contributed by atoms with Gasteiger partial charge < -0.3 is 9.80 Å². The SMILES string of the molecule is O=C(c1ccncc1)N1CCCN(C(=O)C2CC2c2ccc(C(F)(F)F)cc2)CC1. The second-order valence-electron chi connectivity index (χ2n) is 7.78. The Morgan fingerprint density at radius 1 is 0.900 bits per heavy atom. The molecule has 2 unspecified atom stereocenters. The number of halogens is 3. The van der Waals surface area contributed by atoms with Crippen molar-refractivity contribution >= 4 is 11.8 Å². The average molecular weight is 417 g/mol. The van der Waals surface area contributed by atoms with Crippen LogP contribution in [-0.2, 0) is 11.0 Å². The van der Waals surface area contributed by atoms with Crippen molar-refractivity contribution in [2.75, 3.05) is 26.2 Å². The molecule has 0 bridgehead atoms. The Kier molecular flexibility index (Phi) is 5.49. The lowest BCUT2D eigenvalue weighted by atomic mass is 10.1. The Hall–Kier alpha value is -2.90. The van der Waals surface area contributed by atoms with E-state index in [-0.39, 0.29) is 23.7 Å². The van der Waals surface area contributed by atoms with E-state index in [0.29, 0.717) is 44.6 Å². The van der Waals surface area contributed by atoms with Crippen LogP contribution in [0.4, 0.5) is 13.2 Å². The molecular weight excluding hydrogens is 395 g/mol. The van der Waals surface area contributed by atoms with Gasteiger partial charge in [0.2, 0.25) is 5.91 Å². The molecule has 8 heteroatoms. The lowest BCUT2D eigenvalue weighted by molar-refractivity contribution is -0.137. The fourth-order valence-corrected chi connectivity index (χ4v) is 4.01. The molecule has 1 saturated heterocycles. The van der Waals surface area contributed by atoms with Gasteiger partial charge in [0.1, 0.15) is 0 Å². The third-order valence-corrected chi connectivity index (χ3v) is 5.80. The second-order valence-corrected chi connectivity index (χ2v) is 7.78. The number of alkyl halides is 3. The predicted molar refractivity (Wildman–Crippen MR) is 104 cm³/mol. The van der Waals surface area contributed by atoms with Crippen LogP contribution < -0.4 is 0 Å². The van der Waals surface area contributed by atoms with Crippen molar-refractivity contribution in [1.29, 1.82) is 0 Å². The minimum absolute atomic E-state index is 0.0260. The monoisotopic (exact) mass is 417 g/mol. The summed E-state index contributed by atoms with van der Waals surface area (Å²) in [5, 5.41) is 0. The summed E-state index contributed by atoms with van der Waals surface area (Å²) in [5.74, 6) is -0.263. The number of aromatic nitrogens is 1. The van der Waals surface area contributed by atoms with Crippen molar-refractivity contribution in [3.05, 3.63) is 65.5 Å². The quantitative estimate of drug-likeness (QED) is 0.767. The van der Waals surface area contributed by atoms with E-state index in [1.165, 1.54) is 12.1 Å². The summed E-state index contributed by atoms with van der Waals surface area (Å²) in [7, 11) is 0. The Labute approximate surface area is 172 Å². The topological polar surface area (TPSA) is 53.5 Å². The minimum Gasteiger partial charge on any atom is -0.341 e. The lowest BCUT2D eigenvalue weighted by Gasteiger charge is -2.22. The van der Waals surface area contributed by atoms with Crippen LogP contribution >= 0.6 is 0 Å². The molecule has 2 aliphatic rings. The van der Waals surface area contributed by atoms with Gasteiger partial charge in [0.15, 0.2) is 0 Å².